The van der Waals surface area contributed by atoms with E-state index < -0.39 is 12.0 Å². The zero-order chi connectivity index (χ0) is 14.7. The van der Waals surface area contributed by atoms with Crippen LogP contribution in [0.1, 0.15) is 25.2 Å². The third-order valence-electron chi connectivity index (χ3n) is 3.07. The molecule has 0 aliphatic rings. The molecule has 0 fully saturated rings. The van der Waals surface area contributed by atoms with E-state index in [1.807, 2.05) is 0 Å². The number of benzene rings is 1. The number of rotatable bonds is 4. The monoisotopic (exact) mass is 270 g/mol. The van der Waals surface area contributed by atoms with Crippen molar-refractivity contribution in [3.8, 4) is 12.3 Å². The molecule has 5 nitrogen and oxygen atoms in total. The van der Waals surface area contributed by atoms with Crippen molar-refractivity contribution >= 4 is 16.9 Å². The van der Waals surface area contributed by atoms with E-state index in [-0.39, 0.29) is 18.4 Å². The Morgan fingerprint density at radius 1 is 1.50 bits per heavy atom. The first kappa shape index (κ1) is 13.8. The van der Waals surface area contributed by atoms with Crippen LogP contribution in [0.2, 0.25) is 0 Å². The van der Waals surface area contributed by atoms with E-state index in [0.717, 1.165) is 0 Å². The van der Waals surface area contributed by atoms with Crippen LogP contribution in [0.5, 0.6) is 0 Å². The third-order valence-corrected chi connectivity index (χ3v) is 3.07. The molecule has 0 spiro atoms. The van der Waals surface area contributed by atoms with Crippen LogP contribution in [0.4, 0.5) is 0 Å². The van der Waals surface area contributed by atoms with Crippen molar-refractivity contribution in [2.45, 2.75) is 25.8 Å². The van der Waals surface area contributed by atoms with Crippen LogP contribution in [0.3, 0.4) is 0 Å². The second-order valence-electron chi connectivity index (χ2n) is 4.46. The summed E-state index contributed by atoms with van der Waals surface area (Å²) in [5, 5.41) is 9.27. The minimum Gasteiger partial charge on any atom is -0.481 e. The number of terminal acetylenes is 1. The molecule has 0 aliphatic carbocycles. The fraction of sp³-hybridized carbons (Fsp3) is 0.267. The van der Waals surface area contributed by atoms with Gasteiger partial charge in [0.15, 0.2) is 0 Å². The fourth-order valence-electron chi connectivity index (χ4n) is 2.06. The quantitative estimate of drug-likeness (QED) is 0.857. The average Bonchev–Trinajstić information content (AvgIpc) is 2.44. The summed E-state index contributed by atoms with van der Waals surface area (Å²) < 4.78 is 1.39. The standard InChI is InChI=1S/C15H14N2O3/c1-3-10(2)17-13(8-9-14(18)19)16-12-7-5-4-6-11(12)15(17)20/h1,4-7,10H,8-9H2,2H3,(H,18,19). The van der Waals surface area contributed by atoms with Gasteiger partial charge < -0.3 is 5.11 Å². The van der Waals surface area contributed by atoms with Gasteiger partial charge in [-0.05, 0) is 19.1 Å². The molecule has 0 saturated carbocycles. The van der Waals surface area contributed by atoms with Gasteiger partial charge in [0.05, 0.1) is 23.4 Å². The molecule has 1 aromatic carbocycles. The predicted molar refractivity (Wildman–Crippen MR) is 75.5 cm³/mol. The van der Waals surface area contributed by atoms with Gasteiger partial charge in [-0.15, -0.1) is 6.42 Å². The summed E-state index contributed by atoms with van der Waals surface area (Å²) in [5.41, 5.74) is 0.319. The van der Waals surface area contributed by atoms with Crippen LogP contribution >= 0.6 is 0 Å². The number of aromatic nitrogens is 2. The molecule has 1 unspecified atom stereocenters. The Morgan fingerprint density at radius 3 is 2.85 bits per heavy atom. The molecule has 20 heavy (non-hydrogen) atoms. The van der Waals surface area contributed by atoms with Crippen molar-refractivity contribution in [1.82, 2.24) is 9.55 Å². The lowest BCUT2D eigenvalue weighted by Crippen LogP contribution is -2.28. The molecule has 1 N–H and O–H groups in total. The molecule has 102 valence electrons. The molecular weight excluding hydrogens is 256 g/mol. The first-order valence-electron chi connectivity index (χ1n) is 6.22. The summed E-state index contributed by atoms with van der Waals surface area (Å²) in [6, 6.07) is 6.48. The van der Waals surface area contributed by atoms with Gasteiger partial charge in [-0.3, -0.25) is 14.2 Å². The zero-order valence-corrected chi connectivity index (χ0v) is 11.0. The SMILES string of the molecule is C#CC(C)n1c(CCC(=O)O)nc2ccccc2c1=O. The minimum atomic E-state index is -0.938. The number of carboxylic acids is 1. The van der Waals surface area contributed by atoms with Gasteiger partial charge in [-0.25, -0.2) is 4.98 Å². The maximum Gasteiger partial charge on any atom is 0.303 e. The van der Waals surface area contributed by atoms with Crippen LogP contribution in [0.25, 0.3) is 10.9 Å². The van der Waals surface area contributed by atoms with E-state index in [9.17, 15) is 9.59 Å². The van der Waals surface area contributed by atoms with Crippen molar-refractivity contribution in [3.63, 3.8) is 0 Å². The van der Waals surface area contributed by atoms with E-state index in [4.69, 9.17) is 11.5 Å². The van der Waals surface area contributed by atoms with Gasteiger partial charge in [-0.1, -0.05) is 18.1 Å². The van der Waals surface area contributed by atoms with Crippen LogP contribution < -0.4 is 5.56 Å². The smallest absolute Gasteiger partial charge is 0.303 e. The van der Waals surface area contributed by atoms with Crippen molar-refractivity contribution < 1.29 is 9.90 Å². The topological polar surface area (TPSA) is 72.2 Å². The van der Waals surface area contributed by atoms with E-state index in [2.05, 4.69) is 10.9 Å². The second kappa shape index (κ2) is 5.57. The molecule has 0 radical (unpaired) electrons. The highest BCUT2D eigenvalue weighted by molar-refractivity contribution is 5.77. The highest BCUT2D eigenvalue weighted by atomic mass is 16.4. The van der Waals surface area contributed by atoms with Crippen LogP contribution in [-0.4, -0.2) is 20.6 Å². The Balaban J connectivity index is 2.67. The van der Waals surface area contributed by atoms with E-state index in [0.29, 0.717) is 16.7 Å². The maximum absolute atomic E-state index is 12.5. The minimum absolute atomic E-state index is 0.0952. The third kappa shape index (κ3) is 2.54. The molecule has 0 bridgehead atoms. The Hall–Kier alpha value is -2.61. The molecule has 0 amide bonds. The molecule has 1 heterocycles. The van der Waals surface area contributed by atoms with Gasteiger partial charge in [0.25, 0.3) is 5.56 Å². The summed E-state index contributed by atoms with van der Waals surface area (Å²) in [6.07, 6.45) is 5.46. The van der Waals surface area contributed by atoms with Crippen molar-refractivity contribution in [2.75, 3.05) is 0 Å². The molecule has 1 atom stereocenters. The predicted octanol–water partition coefficient (Wildman–Crippen LogP) is 1.61. The molecule has 1 aromatic heterocycles. The number of hydrogen-bond acceptors (Lipinski definition) is 3. The second-order valence-corrected chi connectivity index (χ2v) is 4.46. The number of para-hydroxylation sites is 1. The Labute approximate surface area is 115 Å². The highest BCUT2D eigenvalue weighted by Crippen LogP contribution is 2.13. The number of carboxylic acid groups (broad SMARTS) is 1. The Morgan fingerprint density at radius 2 is 2.20 bits per heavy atom. The summed E-state index contributed by atoms with van der Waals surface area (Å²) >= 11 is 0. The summed E-state index contributed by atoms with van der Waals surface area (Å²) in [7, 11) is 0. The number of aryl methyl sites for hydroxylation is 1. The maximum atomic E-state index is 12.5. The molecule has 0 saturated heterocycles. The van der Waals surface area contributed by atoms with E-state index in [1.165, 1.54) is 4.57 Å². The summed E-state index contributed by atoms with van der Waals surface area (Å²) in [5.74, 6) is 1.96. The van der Waals surface area contributed by atoms with Crippen molar-refractivity contribution in [3.05, 3.63) is 40.4 Å². The summed E-state index contributed by atoms with van der Waals surface area (Å²) in [4.78, 5) is 27.6. The number of nitrogens with zero attached hydrogens (tertiary/aromatic N) is 2. The van der Waals surface area contributed by atoms with Gasteiger partial charge in [-0.2, -0.15) is 0 Å². The highest BCUT2D eigenvalue weighted by Gasteiger charge is 2.15. The lowest BCUT2D eigenvalue weighted by atomic mass is 10.2. The van der Waals surface area contributed by atoms with Crippen LogP contribution in [0, 0.1) is 12.3 Å². The van der Waals surface area contributed by atoms with Gasteiger partial charge in [0.2, 0.25) is 0 Å². The first-order chi connectivity index (χ1) is 9.54. The molecular formula is C15H14N2O3. The number of aliphatic carboxylic acids is 1. The molecule has 2 rings (SSSR count). The Kier molecular flexibility index (Phi) is 3.85. The molecule has 0 aliphatic heterocycles. The lowest BCUT2D eigenvalue weighted by molar-refractivity contribution is -0.137. The number of hydrogen-bond donors (Lipinski definition) is 1. The molecule has 2 aromatic rings. The Bertz CT molecular complexity index is 756. The van der Waals surface area contributed by atoms with Gasteiger partial charge >= 0.3 is 5.97 Å². The first-order valence-corrected chi connectivity index (χ1v) is 6.22. The van der Waals surface area contributed by atoms with Gasteiger partial charge in [0.1, 0.15) is 5.82 Å². The lowest BCUT2D eigenvalue weighted by Gasteiger charge is -2.15. The van der Waals surface area contributed by atoms with Crippen LogP contribution in [0.15, 0.2) is 29.1 Å². The summed E-state index contributed by atoms with van der Waals surface area (Å²) in [6.45, 7) is 1.71. The largest absolute Gasteiger partial charge is 0.481 e. The fourth-order valence-corrected chi connectivity index (χ4v) is 2.06. The van der Waals surface area contributed by atoms with E-state index >= 15 is 0 Å². The number of fused-ring (bicyclic) bond motifs is 1. The van der Waals surface area contributed by atoms with Crippen molar-refractivity contribution in [2.24, 2.45) is 0 Å². The van der Waals surface area contributed by atoms with Crippen molar-refractivity contribution in [1.29, 1.82) is 0 Å². The average molecular weight is 270 g/mol. The zero-order valence-electron chi connectivity index (χ0n) is 11.0. The van der Waals surface area contributed by atoms with Crippen LogP contribution in [-0.2, 0) is 11.2 Å². The molecule has 5 heteroatoms. The number of carbonyl (C=O) groups is 1. The van der Waals surface area contributed by atoms with E-state index in [1.54, 1.807) is 31.2 Å². The normalized spacial score (nSPS) is 12.0. The van der Waals surface area contributed by atoms with Gasteiger partial charge in [0, 0.05) is 6.42 Å².